The lowest BCUT2D eigenvalue weighted by atomic mass is 9.90. The van der Waals surface area contributed by atoms with Crippen molar-refractivity contribution < 1.29 is 14.4 Å². The Morgan fingerprint density at radius 1 is 0.778 bits per heavy atom. The topological polar surface area (TPSA) is 62.6 Å². The average molecular weight is 508 g/mol. The molecule has 1 aromatic heterocycles. The van der Waals surface area contributed by atoms with Crippen LogP contribution in [-0.4, -0.2) is 44.3 Å². The number of hydrogen-bond acceptors (Lipinski definition) is 3. The van der Waals surface area contributed by atoms with Crippen molar-refractivity contribution in [2.75, 3.05) is 0 Å². The maximum absolute atomic E-state index is 13.8. The normalized spacial score (nSPS) is 20.4. The van der Waals surface area contributed by atoms with Gasteiger partial charge >= 0.3 is 6.03 Å². The quantitative estimate of drug-likeness (QED) is 0.346. The van der Waals surface area contributed by atoms with Gasteiger partial charge in [-0.2, -0.15) is 0 Å². The van der Waals surface area contributed by atoms with Crippen molar-refractivity contribution in [3.05, 3.63) is 57.9 Å². The van der Waals surface area contributed by atoms with Crippen molar-refractivity contribution in [1.82, 2.24) is 14.4 Å². The molecule has 6 nitrogen and oxygen atoms in total. The highest BCUT2D eigenvalue weighted by atomic mass is 35.5. The van der Waals surface area contributed by atoms with Crippen LogP contribution in [0, 0.1) is 13.8 Å². The number of barbiturate groups is 1. The third kappa shape index (κ3) is 4.52. The van der Waals surface area contributed by atoms with Crippen LogP contribution in [0.3, 0.4) is 0 Å². The summed E-state index contributed by atoms with van der Waals surface area (Å²) in [5.41, 5.74) is 3.78. The minimum atomic E-state index is -0.444. The van der Waals surface area contributed by atoms with Gasteiger partial charge in [0.15, 0.2) is 0 Å². The molecule has 2 aromatic rings. The van der Waals surface area contributed by atoms with Crippen molar-refractivity contribution >= 4 is 35.5 Å². The lowest BCUT2D eigenvalue weighted by Crippen LogP contribution is -2.62. The standard InChI is InChI=1S/C29H34ClN3O3/c1-19-17-21(20(2)31(19)25-15-13-22(30)14-16-25)18-26-27(34)32(23-9-5-3-6-10-23)29(36)33(28(26)35)24-11-7-4-8-12-24/h13-18,23-24H,3-12H2,1-2H3. The lowest BCUT2D eigenvalue weighted by Gasteiger charge is -2.43. The van der Waals surface area contributed by atoms with Crippen LogP contribution in [-0.2, 0) is 9.59 Å². The summed E-state index contributed by atoms with van der Waals surface area (Å²) >= 11 is 6.08. The molecule has 1 aromatic carbocycles. The van der Waals surface area contributed by atoms with E-state index >= 15 is 0 Å². The highest BCUT2D eigenvalue weighted by molar-refractivity contribution is 6.31. The third-order valence-corrected chi connectivity index (χ3v) is 8.30. The van der Waals surface area contributed by atoms with Crippen LogP contribution in [0.5, 0.6) is 0 Å². The van der Waals surface area contributed by atoms with Gasteiger partial charge in [-0.1, -0.05) is 50.1 Å². The van der Waals surface area contributed by atoms with Gasteiger partial charge in [-0.15, -0.1) is 0 Å². The average Bonchev–Trinajstić information content (AvgIpc) is 3.16. The molecule has 1 aliphatic heterocycles. The van der Waals surface area contributed by atoms with Gasteiger partial charge in [-0.25, -0.2) is 4.79 Å². The molecule has 0 N–H and O–H groups in total. The van der Waals surface area contributed by atoms with E-state index in [0.717, 1.165) is 86.8 Å². The van der Waals surface area contributed by atoms with Crippen LogP contribution in [0.2, 0.25) is 5.02 Å². The molecule has 0 atom stereocenters. The van der Waals surface area contributed by atoms with Crippen molar-refractivity contribution in [3.8, 4) is 5.69 Å². The second-order valence-electron chi connectivity index (χ2n) is 10.4. The monoisotopic (exact) mass is 507 g/mol. The Hall–Kier alpha value is -2.86. The first kappa shape index (κ1) is 24.8. The van der Waals surface area contributed by atoms with Gasteiger partial charge in [0.1, 0.15) is 5.57 Å². The fourth-order valence-electron chi connectivity index (χ4n) is 6.16. The van der Waals surface area contributed by atoms with Crippen LogP contribution in [0.15, 0.2) is 35.9 Å². The molecule has 0 bridgehead atoms. The zero-order valence-corrected chi connectivity index (χ0v) is 21.9. The molecule has 5 rings (SSSR count). The summed E-state index contributed by atoms with van der Waals surface area (Å²) in [5.74, 6) is -0.888. The summed E-state index contributed by atoms with van der Waals surface area (Å²) in [6, 6.07) is 8.90. The maximum Gasteiger partial charge on any atom is 0.334 e. The predicted molar refractivity (Wildman–Crippen MR) is 141 cm³/mol. The Morgan fingerprint density at radius 3 is 1.78 bits per heavy atom. The molecule has 2 heterocycles. The van der Waals surface area contributed by atoms with E-state index in [0.29, 0.717) is 5.02 Å². The Balaban J connectivity index is 1.56. The third-order valence-electron chi connectivity index (χ3n) is 8.05. The minimum Gasteiger partial charge on any atom is -0.318 e. The zero-order chi connectivity index (χ0) is 25.4. The number of halogens is 1. The smallest absolute Gasteiger partial charge is 0.318 e. The zero-order valence-electron chi connectivity index (χ0n) is 21.1. The van der Waals surface area contributed by atoms with Gasteiger partial charge < -0.3 is 4.57 Å². The number of urea groups is 1. The van der Waals surface area contributed by atoms with Crippen molar-refractivity contribution in [2.24, 2.45) is 0 Å². The number of aryl methyl sites for hydroxylation is 1. The SMILES string of the molecule is Cc1cc(C=C2C(=O)N(C3CCCCC3)C(=O)N(C3CCCCC3)C2=O)c(C)n1-c1ccc(Cl)cc1. The van der Waals surface area contributed by atoms with Crippen molar-refractivity contribution in [1.29, 1.82) is 0 Å². The molecule has 2 saturated carbocycles. The molecule has 7 heteroatoms. The Labute approximate surface area is 217 Å². The van der Waals surface area contributed by atoms with Crippen LogP contribution in [0.1, 0.15) is 81.2 Å². The van der Waals surface area contributed by atoms with E-state index in [4.69, 9.17) is 11.6 Å². The predicted octanol–water partition coefficient (Wildman–Crippen LogP) is 6.59. The first-order valence-electron chi connectivity index (χ1n) is 13.2. The number of hydrogen-bond donors (Lipinski definition) is 0. The fraction of sp³-hybridized carbons (Fsp3) is 0.483. The number of carbonyl (C=O) groups is 3. The molecule has 1 saturated heterocycles. The summed E-state index contributed by atoms with van der Waals surface area (Å²) in [5, 5.41) is 0.664. The maximum atomic E-state index is 13.8. The highest BCUT2D eigenvalue weighted by Gasteiger charge is 2.47. The van der Waals surface area contributed by atoms with E-state index in [1.807, 2.05) is 44.2 Å². The van der Waals surface area contributed by atoms with Gasteiger partial charge in [-0.3, -0.25) is 19.4 Å². The Kier molecular flexibility index (Phi) is 7.07. The van der Waals surface area contributed by atoms with Gasteiger partial charge in [0.25, 0.3) is 11.8 Å². The number of aromatic nitrogens is 1. The van der Waals surface area contributed by atoms with Crippen molar-refractivity contribution in [3.63, 3.8) is 0 Å². The molecule has 36 heavy (non-hydrogen) atoms. The molecular formula is C29H34ClN3O3. The molecule has 3 aliphatic rings. The number of benzene rings is 1. The van der Waals surface area contributed by atoms with E-state index < -0.39 is 17.8 Å². The van der Waals surface area contributed by atoms with E-state index in [9.17, 15) is 14.4 Å². The molecular weight excluding hydrogens is 474 g/mol. The summed E-state index contributed by atoms with van der Waals surface area (Å²) in [4.78, 5) is 44.0. The van der Waals surface area contributed by atoms with Gasteiger partial charge in [0, 0.05) is 34.2 Å². The largest absolute Gasteiger partial charge is 0.334 e. The molecule has 0 unspecified atom stereocenters. The van der Waals surface area contributed by atoms with E-state index in [1.165, 1.54) is 9.80 Å². The molecule has 4 amide bonds. The van der Waals surface area contributed by atoms with Crippen LogP contribution in [0.4, 0.5) is 4.79 Å². The highest BCUT2D eigenvalue weighted by Crippen LogP contribution is 2.34. The number of imide groups is 2. The second-order valence-corrected chi connectivity index (χ2v) is 10.8. The van der Waals surface area contributed by atoms with Crippen molar-refractivity contribution in [2.45, 2.75) is 90.1 Å². The number of carbonyl (C=O) groups excluding carboxylic acids is 3. The second kappa shape index (κ2) is 10.3. The minimum absolute atomic E-state index is 0.0992. The number of amides is 4. The summed E-state index contributed by atoms with van der Waals surface area (Å²) in [7, 11) is 0. The van der Waals surface area contributed by atoms with E-state index in [1.54, 1.807) is 6.08 Å². The van der Waals surface area contributed by atoms with E-state index in [2.05, 4.69) is 4.57 Å². The lowest BCUT2D eigenvalue weighted by molar-refractivity contribution is -0.139. The molecule has 190 valence electrons. The first-order valence-corrected chi connectivity index (χ1v) is 13.6. The van der Waals surface area contributed by atoms with Gasteiger partial charge in [-0.05, 0) is 81.5 Å². The number of rotatable bonds is 4. The van der Waals surface area contributed by atoms with Crippen LogP contribution < -0.4 is 0 Å². The Morgan fingerprint density at radius 2 is 1.28 bits per heavy atom. The van der Waals surface area contributed by atoms with Gasteiger partial charge in [0.05, 0.1) is 0 Å². The van der Waals surface area contributed by atoms with Crippen LogP contribution >= 0.6 is 11.6 Å². The summed E-state index contributed by atoms with van der Waals surface area (Å²) < 4.78 is 2.09. The Bertz CT molecular complexity index is 1160. The van der Waals surface area contributed by atoms with Crippen LogP contribution in [0.25, 0.3) is 11.8 Å². The van der Waals surface area contributed by atoms with E-state index in [-0.39, 0.29) is 17.7 Å². The number of nitrogens with zero attached hydrogens (tertiary/aromatic N) is 3. The summed E-state index contributed by atoms with van der Waals surface area (Å²) in [6.45, 7) is 3.98. The fourth-order valence-corrected chi connectivity index (χ4v) is 6.29. The molecule has 0 spiro atoms. The van der Waals surface area contributed by atoms with Gasteiger partial charge in [0.2, 0.25) is 0 Å². The summed E-state index contributed by atoms with van der Waals surface area (Å²) in [6.07, 6.45) is 11.2. The molecule has 2 aliphatic carbocycles. The molecule has 3 fully saturated rings. The molecule has 0 radical (unpaired) electrons. The first-order chi connectivity index (χ1) is 17.4.